The molecule has 3 aliphatic rings. The standard InChI is InChI=1S/C47H81N7O3Si2/c1-55-28-27-50(35-41-13-15-42(16-14-41)36-51-22-17-47(38-51)18-23-52(24-19-47)44-11-9-8-10-12-44)37-43(33-45-48-20-25-53(45)39-56-29-31-58(2,3)4)34-46-49-21-26-54(46)40-57-30-32-59(5,6)7/h13-16,20-21,25-26,43-44H,8-12,17-19,22-24,27-40H2,1-7H3. The number of benzene rings is 1. The quantitative estimate of drug-likeness (QED) is 0.0655. The predicted octanol–water partition coefficient (Wildman–Crippen LogP) is 8.87. The Morgan fingerprint density at radius 1 is 0.746 bits per heavy atom. The van der Waals surface area contributed by atoms with E-state index >= 15 is 0 Å². The summed E-state index contributed by atoms with van der Waals surface area (Å²) in [5, 5.41) is 0. The molecule has 0 bridgehead atoms. The number of rotatable bonds is 24. The van der Waals surface area contributed by atoms with Crippen molar-refractivity contribution in [3.8, 4) is 0 Å². The van der Waals surface area contributed by atoms with Crippen LogP contribution in [0.5, 0.6) is 0 Å². The van der Waals surface area contributed by atoms with Crippen molar-refractivity contribution in [3.63, 3.8) is 0 Å². The predicted molar refractivity (Wildman–Crippen MR) is 247 cm³/mol. The molecule has 2 aliphatic heterocycles. The Balaban J connectivity index is 1.07. The van der Waals surface area contributed by atoms with Crippen molar-refractivity contribution in [1.29, 1.82) is 0 Å². The van der Waals surface area contributed by atoms with Gasteiger partial charge >= 0.3 is 0 Å². The van der Waals surface area contributed by atoms with Crippen LogP contribution < -0.4 is 0 Å². The first-order chi connectivity index (χ1) is 28.4. The van der Waals surface area contributed by atoms with Crippen LogP contribution in [0.1, 0.15) is 74.1 Å². The summed E-state index contributed by atoms with van der Waals surface area (Å²) < 4.78 is 22.5. The highest BCUT2D eigenvalue weighted by atomic mass is 28.3. The molecule has 0 N–H and O–H groups in total. The molecule has 12 heteroatoms. The van der Waals surface area contributed by atoms with Crippen LogP contribution >= 0.6 is 0 Å². The normalized spacial score (nSPS) is 18.6. The topological polar surface area (TPSA) is 73.0 Å². The van der Waals surface area contributed by atoms with E-state index in [0.717, 1.165) is 82.0 Å². The highest BCUT2D eigenvalue weighted by molar-refractivity contribution is 6.76. The van der Waals surface area contributed by atoms with E-state index in [-0.39, 0.29) is 5.92 Å². The Morgan fingerprint density at radius 2 is 1.31 bits per heavy atom. The molecule has 1 aromatic carbocycles. The first kappa shape index (κ1) is 46.3. The number of hydrogen-bond acceptors (Lipinski definition) is 8. The minimum atomic E-state index is -1.16. The molecule has 10 nitrogen and oxygen atoms in total. The van der Waals surface area contributed by atoms with Gasteiger partial charge in [0, 0.05) is 113 Å². The molecule has 4 heterocycles. The lowest BCUT2D eigenvalue weighted by atomic mass is 9.77. The summed E-state index contributed by atoms with van der Waals surface area (Å²) in [4.78, 5) is 17.9. The van der Waals surface area contributed by atoms with Crippen LogP contribution in [0.3, 0.4) is 0 Å². The van der Waals surface area contributed by atoms with Gasteiger partial charge in [0.25, 0.3) is 0 Å². The molecule has 1 saturated carbocycles. The third-order valence-electron chi connectivity index (χ3n) is 13.4. The van der Waals surface area contributed by atoms with E-state index in [9.17, 15) is 0 Å². The SMILES string of the molecule is COCCN(Cc1ccc(CN2CCC3(CCN(C4CCCCC4)CC3)C2)cc1)CC(Cc1nccn1COCC[Si](C)(C)C)Cc1nccn1COCC[Si](C)(C)C. The monoisotopic (exact) mass is 848 g/mol. The first-order valence-electron chi connectivity index (χ1n) is 23.3. The molecule has 1 aliphatic carbocycles. The van der Waals surface area contributed by atoms with Gasteiger partial charge < -0.3 is 28.2 Å². The Bertz CT molecular complexity index is 1580. The van der Waals surface area contributed by atoms with Crippen molar-refractivity contribution in [1.82, 2.24) is 33.8 Å². The van der Waals surface area contributed by atoms with E-state index in [1.807, 2.05) is 19.5 Å². The van der Waals surface area contributed by atoms with E-state index in [2.05, 4.69) is 99.8 Å². The minimum absolute atomic E-state index is 0.286. The lowest BCUT2D eigenvalue weighted by Gasteiger charge is -2.43. The smallest absolute Gasteiger partial charge is 0.123 e. The van der Waals surface area contributed by atoms with Crippen LogP contribution in [0.4, 0.5) is 0 Å². The number of piperidine rings is 1. The van der Waals surface area contributed by atoms with Gasteiger partial charge in [-0.25, -0.2) is 9.97 Å². The zero-order valence-electron chi connectivity index (χ0n) is 38.3. The molecule has 3 aromatic rings. The van der Waals surface area contributed by atoms with Gasteiger partial charge in [-0.3, -0.25) is 9.80 Å². The van der Waals surface area contributed by atoms with E-state index < -0.39 is 16.1 Å². The maximum Gasteiger partial charge on any atom is 0.123 e. The van der Waals surface area contributed by atoms with Crippen molar-refractivity contribution in [2.45, 2.75) is 148 Å². The zero-order valence-corrected chi connectivity index (χ0v) is 40.3. The van der Waals surface area contributed by atoms with E-state index in [1.54, 1.807) is 0 Å². The summed E-state index contributed by atoms with van der Waals surface area (Å²) in [6.45, 7) is 26.7. The average Bonchev–Trinajstić information content (AvgIpc) is 3.95. The lowest BCUT2D eigenvalue weighted by Crippen LogP contribution is -2.46. The van der Waals surface area contributed by atoms with Crippen molar-refractivity contribution in [2.75, 3.05) is 66.2 Å². The molecule has 0 radical (unpaired) electrons. The van der Waals surface area contributed by atoms with Gasteiger partial charge in [-0.2, -0.15) is 0 Å². The van der Waals surface area contributed by atoms with E-state index in [0.29, 0.717) is 25.5 Å². The molecule has 0 atom stereocenters. The molecule has 2 saturated heterocycles. The molecule has 330 valence electrons. The third kappa shape index (κ3) is 15.3. The second kappa shape index (κ2) is 22.3. The largest absolute Gasteiger partial charge is 0.383 e. The van der Waals surface area contributed by atoms with Crippen LogP contribution in [0, 0.1) is 11.3 Å². The Kier molecular flexibility index (Phi) is 17.5. The fourth-order valence-electron chi connectivity index (χ4n) is 9.56. The summed E-state index contributed by atoms with van der Waals surface area (Å²) in [5.74, 6) is 2.43. The van der Waals surface area contributed by atoms with Crippen molar-refractivity contribution >= 4 is 16.1 Å². The minimum Gasteiger partial charge on any atom is -0.383 e. The summed E-state index contributed by atoms with van der Waals surface area (Å²) in [6.07, 6.45) is 21.0. The van der Waals surface area contributed by atoms with Crippen molar-refractivity contribution in [3.05, 3.63) is 71.8 Å². The van der Waals surface area contributed by atoms with Gasteiger partial charge in [-0.1, -0.05) is 82.8 Å². The van der Waals surface area contributed by atoms with Gasteiger partial charge in [0.05, 0.1) is 6.61 Å². The molecule has 0 amide bonds. The molecule has 2 aromatic heterocycles. The highest BCUT2D eigenvalue weighted by Crippen LogP contribution is 2.42. The lowest BCUT2D eigenvalue weighted by molar-refractivity contribution is 0.0615. The van der Waals surface area contributed by atoms with E-state index in [4.69, 9.17) is 24.2 Å². The van der Waals surface area contributed by atoms with Gasteiger partial charge in [0.1, 0.15) is 25.1 Å². The average molecular weight is 848 g/mol. The van der Waals surface area contributed by atoms with Crippen LogP contribution in [0.15, 0.2) is 49.1 Å². The van der Waals surface area contributed by atoms with Gasteiger partial charge in [0.15, 0.2) is 0 Å². The van der Waals surface area contributed by atoms with Gasteiger partial charge in [-0.05, 0) is 86.3 Å². The fourth-order valence-corrected chi connectivity index (χ4v) is 11.1. The number of ether oxygens (including phenoxy) is 3. The van der Waals surface area contributed by atoms with Crippen LogP contribution in [0.25, 0.3) is 0 Å². The molecular weight excluding hydrogens is 767 g/mol. The number of methoxy groups -OCH3 is 1. The molecular formula is C47H81N7O3Si2. The van der Waals surface area contributed by atoms with Gasteiger partial charge in [-0.15, -0.1) is 0 Å². The maximum absolute atomic E-state index is 6.19. The first-order valence-corrected chi connectivity index (χ1v) is 30.7. The highest BCUT2D eigenvalue weighted by Gasteiger charge is 2.41. The fraction of sp³-hybridized carbons (Fsp3) is 0.745. The number of nitrogens with zero attached hydrogens (tertiary/aromatic N) is 7. The maximum atomic E-state index is 6.19. The van der Waals surface area contributed by atoms with Crippen LogP contribution in [-0.2, 0) is 53.6 Å². The molecule has 59 heavy (non-hydrogen) atoms. The second-order valence-corrected chi connectivity index (χ2v) is 32.2. The molecule has 3 fully saturated rings. The Morgan fingerprint density at radius 3 is 1.86 bits per heavy atom. The molecule has 0 unspecified atom stereocenters. The molecule has 6 rings (SSSR count). The molecule has 1 spiro atoms. The summed E-state index contributed by atoms with van der Waals surface area (Å²) in [7, 11) is -0.506. The number of hydrogen-bond donors (Lipinski definition) is 0. The summed E-state index contributed by atoms with van der Waals surface area (Å²) in [5.41, 5.74) is 3.33. The van der Waals surface area contributed by atoms with Crippen LogP contribution in [-0.4, -0.2) is 122 Å². The number of likely N-dealkylation sites (tertiary alicyclic amines) is 2. The number of imidazole rings is 2. The van der Waals surface area contributed by atoms with Crippen molar-refractivity contribution in [2.24, 2.45) is 11.3 Å². The zero-order chi connectivity index (χ0) is 41.7. The summed E-state index contributed by atoms with van der Waals surface area (Å²) >= 11 is 0. The van der Waals surface area contributed by atoms with Gasteiger partial charge in [0.2, 0.25) is 0 Å². The second-order valence-electron chi connectivity index (χ2n) is 20.9. The Labute approximate surface area is 360 Å². The number of aromatic nitrogens is 4. The summed E-state index contributed by atoms with van der Waals surface area (Å²) in [6, 6.07) is 12.7. The van der Waals surface area contributed by atoms with Crippen LogP contribution in [0.2, 0.25) is 51.4 Å². The Hall–Kier alpha value is -2.17. The van der Waals surface area contributed by atoms with E-state index in [1.165, 1.54) is 88.7 Å². The third-order valence-corrected chi connectivity index (χ3v) is 16.8. The van der Waals surface area contributed by atoms with Crippen molar-refractivity contribution < 1.29 is 14.2 Å².